The molecular weight excluding hydrogens is 324 g/mol. The van der Waals surface area contributed by atoms with Gasteiger partial charge in [0.1, 0.15) is 0 Å². The van der Waals surface area contributed by atoms with Crippen molar-refractivity contribution < 1.29 is 16.8 Å². The molecule has 1 saturated heterocycles. The highest BCUT2D eigenvalue weighted by atomic mass is 32.2. The van der Waals surface area contributed by atoms with Crippen LogP contribution in [0.1, 0.15) is 24.0 Å². The van der Waals surface area contributed by atoms with Gasteiger partial charge in [-0.25, -0.2) is 21.6 Å². The number of aryl methyl sites for hydroxylation is 1. The molecule has 1 aromatic carbocycles. The fraction of sp³-hybridized carbons (Fsp3) is 0.571. The van der Waals surface area contributed by atoms with Crippen molar-refractivity contribution in [2.75, 3.05) is 19.3 Å². The van der Waals surface area contributed by atoms with Crippen LogP contribution in [0, 0.1) is 6.92 Å². The molecule has 0 saturated carbocycles. The van der Waals surface area contributed by atoms with E-state index in [-0.39, 0.29) is 18.3 Å². The van der Waals surface area contributed by atoms with Crippen LogP contribution in [0.3, 0.4) is 0 Å². The van der Waals surface area contributed by atoms with E-state index in [2.05, 4.69) is 4.72 Å². The zero-order valence-corrected chi connectivity index (χ0v) is 14.5. The molecule has 8 heteroatoms. The normalized spacial score (nSPS) is 20.4. The van der Waals surface area contributed by atoms with Crippen LogP contribution in [-0.2, 0) is 25.8 Å². The lowest BCUT2D eigenvalue weighted by molar-refractivity contribution is 0.388. The number of benzene rings is 1. The predicted molar refractivity (Wildman–Crippen MR) is 86.4 cm³/mol. The number of nitrogens with zero attached hydrogens (tertiary/aromatic N) is 1. The van der Waals surface area contributed by atoms with Crippen LogP contribution >= 0.6 is 0 Å². The largest absolute Gasteiger partial charge is 0.215 e. The van der Waals surface area contributed by atoms with Crippen LogP contribution in [-0.4, -0.2) is 46.5 Å². The monoisotopic (exact) mass is 346 g/mol. The van der Waals surface area contributed by atoms with Crippen molar-refractivity contribution >= 4 is 20.0 Å². The molecule has 1 unspecified atom stereocenters. The zero-order valence-electron chi connectivity index (χ0n) is 12.8. The van der Waals surface area contributed by atoms with E-state index >= 15 is 0 Å². The van der Waals surface area contributed by atoms with E-state index in [1.807, 2.05) is 25.1 Å². The van der Waals surface area contributed by atoms with Gasteiger partial charge in [-0.1, -0.05) is 29.8 Å². The second-order valence-electron chi connectivity index (χ2n) is 5.77. The third-order valence-electron chi connectivity index (χ3n) is 3.73. The second kappa shape index (κ2) is 6.66. The molecule has 0 radical (unpaired) electrons. The molecule has 22 heavy (non-hydrogen) atoms. The molecule has 1 fully saturated rings. The summed E-state index contributed by atoms with van der Waals surface area (Å²) < 4.78 is 51.5. The molecule has 0 aromatic heterocycles. The maximum Gasteiger partial charge on any atom is 0.215 e. The van der Waals surface area contributed by atoms with Crippen molar-refractivity contribution in [2.45, 2.75) is 31.6 Å². The van der Waals surface area contributed by atoms with Gasteiger partial charge in [-0.3, -0.25) is 0 Å². The van der Waals surface area contributed by atoms with Crippen LogP contribution in [0.25, 0.3) is 0 Å². The highest BCUT2D eigenvalue weighted by Gasteiger charge is 2.32. The molecule has 1 aliphatic heterocycles. The summed E-state index contributed by atoms with van der Waals surface area (Å²) in [6, 6.07) is 7.04. The van der Waals surface area contributed by atoms with E-state index in [0.29, 0.717) is 13.0 Å². The van der Waals surface area contributed by atoms with Crippen LogP contribution in [0.2, 0.25) is 0 Å². The molecule has 0 bridgehead atoms. The minimum absolute atomic E-state index is 0.0969. The zero-order chi connectivity index (χ0) is 16.4. The Balaban J connectivity index is 1.98. The Kier molecular flexibility index (Phi) is 5.26. The first-order valence-electron chi connectivity index (χ1n) is 7.17. The van der Waals surface area contributed by atoms with Crippen LogP contribution in [0.15, 0.2) is 24.3 Å². The third kappa shape index (κ3) is 4.77. The first-order chi connectivity index (χ1) is 10.2. The summed E-state index contributed by atoms with van der Waals surface area (Å²) in [6.45, 7) is 2.50. The number of hydrogen-bond acceptors (Lipinski definition) is 4. The lowest BCUT2D eigenvalue weighted by atomic mass is 10.2. The Morgan fingerprint density at radius 2 is 2.00 bits per heavy atom. The Hall–Kier alpha value is -0.960. The highest BCUT2D eigenvalue weighted by molar-refractivity contribution is 7.88. The van der Waals surface area contributed by atoms with E-state index < -0.39 is 20.0 Å². The van der Waals surface area contributed by atoms with Crippen LogP contribution < -0.4 is 4.72 Å². The first kappa shape index (κ1) is 17.4. The first-order valence-corrected chi connectivity index (χ1v) is 10.7. The molecule has 1 aliphatic rings. The number of hydrogen-bond donors (Lipinski definition) is 1. The summed E-state index contributed by atoms with van der Waals surface area (Å²) in [6.07, 6.45) is 2.60. The van der Waals surface area contributed by atoms with E-state index in [1.54, 1.807) is 6.07 Å². The van der Waals surface area contributed by atoms with Gasteiger partial charge < -0.3 is 0 Å². The van der Waals surface area contributed by atoms with Crippen molar-refractivity contribution in [1.82, 2.24) is 9.03 Å². The molecule has 1 heterocycles. The SMILES string of the molecule is Cc1cccc(CS(=O)(=O)NCC2CCCN2S(C)(=O)=O)c1. The number of sulfonamides is 2. The average molecular weight is 346 g/mol. The van der Waals surface area contributed by atoms with Crippen molar-refractivity contribution in [3.05, 3.63) is 35.4 Å². The highest BCUT2D eigenvalue weighted by Crippen LogP contribution is 2.20. The maximum absolute atomic E-state index is 12.1. The average Bonchev–Trinajstić information content (AvgIpc) is 2.84. The van der Waals surface area contributed by atoms with E-state index in [1.165, 1.54) is 4.31 Å². The summed E-state index contributed by atoms with van der Waals surface area (Å²) in [4.78, 5) is 0. The van der Waals surface area contributed by atoms with Crippen molar-refractivity contribution in [1.29, 1.82) is 0 Å². The van der Waals surface area contributed by atoms with Crippen molar-refractivity contribution in [3.63, 3.8) is 0 Å². The Bertz CT molecular complexity index is 729. The molecule has 124 valence electrons. The summed E-state index contributed by atoms with van der Waals surface area (Å²) in [7, 11) is -6.76. The smallest absolute Gasteiger partial charge is 0.213 e. The van der Waals surface area contributed by atoms with E-state index in [9.17, 15) is 16.8 Å². The number of rotatable bonds is 6. The van der Waals surface area contributed by atoms with E-state index in [4.69, 9.17) is 0 Å². The van der Waals surface area contributed by atoms with Gasteiger partial charge in [0.05, 0.1) is 12.0 Å². The van der Waals surface area contributed by atoms with Gasteiger partial charge in [0, 0.05) is 19.1 Å². The third-order valence-corrected chi connectivity index (χ3v) is 6.38. The minimum atomic E-state index is -3.48. The quantitative estimate of drug-likeness (QED) is 0.827. The van der Waals surface area contributed by atoms with Gasteiger partial charge in [0.15, 0.2) is 0 Å². The lowest BCUT2D eigenvalue weighted by Gasteiger charge is -2.22. The summed E-state index contributed by atoms with van der Waals surface area (Å²) >= 11 is 0. The summed E-state index contributed by atoms with van der Waals surface area (Å²) in [5.41, 5.74) is 1.73. The Morgan fingerprint density at radius 3 is 2.64 bits per heavy atom. The molecule has 1 N–H and O–H groups in total. The maximum atomic E-state index is 12.1. The van der Waals surface area contributed by atoms with Crippen molar-refractivity contribution in [2.24, 2.45) is 0 Å². The molecule has 2 rings (SSSR count). The minimum Gasteiger partial charge on any atom is -0.213 e. The molecule has 0 aliphatic carbocycles. The van der Waals surface area contributed by atoms with E-state index in [0.717, 1.165) is 23.8 Å². The van der Waals surface area contributed by atoms with Gasteiger partial charge in [-0.2, -0.15) is 4.31 Å². The molecule has 0 spiro atoms. The fourth-order valence-corrected chi connectivity index (χ4v) is 5.09. The van der Waals surface area contributed by atoms with Gasteiger partial charge in [-0.05, 0) is 25.3 Å². The molecular formula is C14H22N2O4S2. The predicted octanol–water partition coefficient (Wildman–Crippen LogP) is 0.838. The van der Waals surface area contributed by atoms with Gasteiger partial charge in [-0.15, -0.1) is 0 Å². The second-order valence-corrected chi connectivity index (χ2v) is 9.51. The standard InChI is InChI=1S/C14H22N2O4S2/c1-12-5-3-6-13(9-12)11-22(19,20)15-10-14-7-4-8-16(14)21(2,17)18/h3,5-6,9,14-15H,4,7-8,10-11H2,1-2H3. The fourth-order valence-electron chi connectivity index (χ4n) is 2.75. The molecule has 1 atom stereocenters. The number of nitrogens with one attached hydrogen (secondary N) is 1. The Morgan fingerprint density at radius 1 is 1.27 bits per heavy atom. The molecule has 0 amide bonds. The van der Waals surface area contributed by atoms with Crippen LogP contribution in [0.5, 0.6) is 0 Å². The molecule has 1 aromatic rings. The summed E-state index contributed by atoms with van der Waals surface area (Å²) in [5, 5.41) is 0. The van der Waals surface area contributed by atoms with Crippen LogP contribution in [0.4, 0.5) is 0 Å². The molecule has 6 nitrogen and oxygen atoms in total. The Labute approximate surface area is 132 Å². The lowest BCUT2D eigenvalue weighted by Crippen LogP contribution is -2.42. The van der Waals surface area contributed by atoms with Gasteiger partial charge in [0.2, 0.25) is 20.0 Å². The topological polar surface area (TPSA) is 83.6 Å². The van der Waals surface area contributed by atoms with Crippen molar-refractivity contribution in [3.8, 4) is 0 Å². The van der Waals surface area contributed by atoms with Gasteiger partial charge in [0.25, 0.3) is 0 Å². The summed E-state index contributed by atoms with van der Waals surface area (Å²) in [5.74, 6) is -0.0969. The van der Waals surface area contributed by atoms with Gasteiger partial charge >= 0.3 is 0 Å².